The summed E-state index contributed by atoms with van der Waals surface area (Å²) in [5, 5.41) is 10.3. The minimum atomic E-state index is -0.547. The normalized spacial score (nSPS) is 11.0. The van der Waals surface area contributed by atoms with Crippen molar-refractivity contribution in [3.63, 3.8) is 0 Å². The predicted octanol–water partition coefficient (Wildman–Crippen LogP) is 2.60. The quantitative estimate of drug-likeness (QED) is 0.570. The van der Waals surface area contributed by atoms with Crippen LogP contribution in [0.15, 0.2) is 36.4 Å². The molecule has 0 saturated carbocycles. The fourth-order valence-electron chi connectivity index (χ4n) is 3.69. The Morgan fingerprint density at radius 1 is 1.21 bits per heavy atom. The second-order valence-corrected chi connectivity index (χ2v) is 6.84. The molecule has 29 heavy (non-hydrogen) atoms. The van der Waals surface area contributed by atoms with Gasteiger partial charge in [0, 0.05) is 35.5 Å². The first-order valence-electron chi connectivity index (χ1n) is 9.53. The summed E-state index contributed by atoms with van der Waals surface area (Å²) in [7, 11) is 1.35. The number of pyridine rings is 1. The fourth-order valence-corrected chi connectivity index (χ4v) is 3.69. The zero-order valence-electron chi connectivity index (χ0n) is 16.6. The van der Waals surface area contributed by atoms with Gasteiger partial charge in [0.25, 0.3) is 5.91 Å². The van der Waals surface area contributed by atoms with Gasteiger partial charge in [0.05, 0.1) is 30.3 Å². The average molecular weight is 395 g/mol. The summed E-state index contributed by atoms with van der Waals surface area (Å²) < 4.78 is 6.74. The molecule has 2 heterocycles. The van der Waals surface area contributed by atoms with Gasteiger partial charge in [0.2, 0.25) is 0 Å². The van der Waals surface area contributed by atoms with Gasteiger partial charge in [-0.05, 0) is 31.9 Å². The van der Waals surface area contributed by atoms with Crippen LogP contribution < -0.4 is 5.73 Å². The van der Waals surface area contributed by atoms with Gasteiger partial charge >= 0.3 is 5.97 Å². The van der Waals surface area contributed by atoms with Crippen molar-refractivity contribution >= 4 is 22.8 Å². The molecule has 0 aliphatic heterocycles. The smallest absolute Gasteiger partial charge is 0.305 e. The number of aliphatic hydroxyl groups excluding tert-OH is 1. The van der Waals surface area contributed by atoms with Crippen molar-refractivity contribution in [3.05, 3.63) is 53.3 Å². The van der Waals surface area contributed by atoms with Crippen LogP contribution in [-0.4, -0.2) is 40.3 Å². The van der Waals surface area contributed by atoms with E-state index in [4.69, 9.17) is 15.5 Å². The predicted molar refractivity (Wildman–Crippen MR) is 110 cm³/mol. The Hall–Kier alpha value is -3.19. The van der Waals surface area contributed by atoms with E-state index in [1.54, 1.807) is 0 Å². The van der Waals surface area contributed by atoms with Crippen molar-refractivity contribution in [2.45, 2.75) is 32.7 Å². The van der Waals surface area contributed by atoms with Gasteiger partial charge < -0.3 is 20.1 Å². The van der Waals surface area contributed by atoms with Crippen LogP contribution in [0.5, 0.6) is 0 Å². The number of nitrogens with zero attached hydrogens (tertiary/aromatic N) is 2. The number of amides is 1. The molecule has 0 unspecified atom stereocenters. The molecule has 0 aliphatic carbocycles. The lowest BCUT2D eigenvalue weighted by atomic mass is 10.0. The van der Waals surface area contributed by atoms with E-state index in [0.717, 1.165) is 16.6 Å². The molecule has 7 nitrogen and oxygen atoms in total. The molecule has 3 aromatic rings. The molecule has 1 aromatic carbocycles. The van der Waals surface area contributed by atoms with Crippen molar-refractivity contribution in [1.82, 2.24) is 9.55 Å². The summed E-state index contributed by atoms with van der Waals surface area (Å²) in [6.45, 7) is 2.35. The molecule has 1 amide bonds. The van der Waals surface area contributed by atoms with Crippen molar-refractivity contribution in [2.24, 2.45) is 5.73 Å². The number of methoxy groups -OCH3 is 1. The Kier molecular flexibility index (Phi) is 6.29. The van der Waals surface area contributed by atoms with Crippen LogP contribution in [0.1, 0.15) is 34.6 Å². The summed E-state index contributed by atoms with van der Waals surface area (Å²) >= 11 is 0. The number of rotatable bonds is 8. The van der Waals surface area contributed by atoms with Gasteiger partial charge in [0.15, 0.2) is 0 Å². The van der Waals surface area contributed by atoms with Crippen molar-refractivity contribution in [2.75, 3.05) is 13.7 Å². The molecule has 2 aromatic heterocycles. The molecule has 152 valence electrons. The van der Waals surface area contributed by atoms with Crippen molar-refractivity contribution in [1.29, 1.82) is 0 Å². The Morgan fingerprint density at radius 3 is 2.66 bits per heavy atom. The molecule has 3 N–H and O–H groups in total. The van der Waals surface area contributed by atoms with Gasteiger partial charge in [-0.1, -0.05) is 24.3 Å². The van der Waals surface area contributed by atoms with Crippen LogP contribution in [-0.2, 0) is 22.5 Å². The Labute approximate surface area is 169 Å². The number of aliphatic hydroxyl groups is 1. The molecule has 0 saturated heterocycles. The molecule has 0 atom stereocenters. The summed E-state index contributed by atoms with van der Waals surface area (Å²) in [5.41, 5.74) is 9.70. The third kappa shape index (κ3) is 4.14. The van der Waals surface area contributed by atoms with E-state index < -0.39 is 5.91 Å². The Morgan fingerprint density at radius 2 is 1.97 bits per heavy atom. The summed E-state index contributed by atoms with van der Waals surface area (Å²) in [5.74, 6) is -0.884. The number of ether oxygens (including phenoxy) is 1. The number of para-hydroxylation sites is 1. The first kappa shape index (κ1) is 20.5. The summed E-state index contributed by atoms with van der Waals surface area (Å²) in [6, 6.07) is 11.5. The lowest BCUT2D eigenvalue weighted by Crippen LogP contribution is -2.14. The van der Waals surface area contributed by atoms with Gasteiger partial charge in [-0.2, -0.15) is 0 Å². The van der Waals surface area contributed by atoms with Crippen molar-refractivity contribution in [3.8, 4) is 11.3 Å². The number of fused-ring (bicyclic) bond motifs is 1. The van der Waals surface area contributed by atoms with Crippen LogP contribution in [0.25, 0.3) is 22.2 Å². The second-order valence-electron chi connectivity index (χ2n) is 6.84. The van der Waals surface area contributed by atoms with E-state index in [-0.39, 0.29) is 19.0 Å². The first-order valence-corrected chi connectivity index (χ1v) is 9.53. The molecule has 0 aliphatic rings. The molecule has 0 fully saturated rings. The van der Waals surface area contributed by atoms with Gasteiger partial charge in [-0.3, -0.25) is 9.59 Å². The van der Waals surface area contributed by atoms with Crippen LogP contribution in [0, 0.1) is 6.92 Å². The SMILES string of the molecule is COC(=O)CCc1c(-c2ccc3ccccc3n2)c(C(N)=O)c(C)n1CCCO. The van der Waals surface area contributed by atoms with Crippen LogP contribution >= 0.6 is 0 Å². The van der Waals surface area contributed by atoms with Gasteiger partial charge in [0.1, 0.15) is 0 Å². The zero-order chi connectivity index (χ0) is 21.0. The number of carbonyl (C=O) groups excluding carboxylic acids is 2. The first-order chi connectivity index (χ1) is 14.0. The zero-order valence-corrected chi connectivity index (χ0v) is 16.6. The Bertz CT molecular complexity index is 1060. The molecule has 0 bridgehead atoms. The standard InChI is InChI=1S/C22H25N3O4/c1-14-20(22(23)28)21(17-9-8-15-6-3-4-7-16(15)24-17)18(10-11-19(27)29-2)25(14)12-5-13-26/h3-4,6-9,26H,5,10-13H2,1-2H3,(H2,23,28). The number of primary amides is 1. The lowest BCUT2D eigenvalue weighted by Gasteiger charge is -2.12. The highest BCUT2D eigenvalue weighted by molar-refractivity contribution is 6.02. The second kappa shape index (κ2) is 8.87. The van der Waals surface area contributed by atoms with E-state index in [9.17, 15) is 14.7 Å². The number of hydrogen-bond acceptors (Lipinski definition) is 5. The highest BCUT2D eigenvalue weighted by Gasteiger charge is 2.26. The van der Waals surface area contributed by atoms with E-state index in [2.05, 4.69) is 0 Å². The molecular weight excluding hydrogens is 370 g/mol. The lowest BCUT2D eigenvalue weighted by molar-refractivity contribution is -0.140. The molecular formula is C22H25N3O4. The number of esters is 1. The fraction of sp³-hybridized carbons (Fsp3) is 0.318. The van der Waals surface area contributed by atoms with E-state index in [1.165, 1.54) is 7.11 Å². The van der Waals surface area contributed by atoms with Crippen LogP contribution in [0.2, 0.25) is 0 Å². The maximum absolute atomic E-state index is 12.4. The maximum Gasteiger partial charge on any atom is 0.305 e. The monoisotopic (exact) mass is 395 g/mol. The van der Waals surface area contributed by atoms with Crippen LogP contribution in [0.4, 0.5) is 0 Å². The summed E-state index contributed by atoms with van der Waals surface area (Å²) in [6.07, 6.45) is 1.05. The van der Waals surface area contributed by atoms with E-state index >= 15 is 0 Å². The molecule has 0 radical (unpaired) electrons. The minimum absolute atomic E-state index is 0.0174. The van der Waals surface area contributed by atoms with Gasteiger partial charge in [-0.15, -0.1) is 0 Å². The van der Waals surface area contributed by atoms with E-state index in [0.29, 0.717) is 41.9 Å². The van der Waals surface area contributed by atoms with Crippen molar-refractivity contribution < 1.29 is 19.4 Å². The number of nitrogens with two attached hydrogens (primary N) is 1. The topological polar surface area (TPSA) is 107 Å². The van der Waals surface area contributed by atoms with Gasteiger partial charge in [-0.25, -0.2) is 4.98 Å². The Balaban J connectivity index is 2.22. The average Bonchev–Trinajstić information content (AvgIpc) is 3.01. The number of aromatic nitrogens is 2. The summed E-state index contributed by atoms with van der Waals surface area (Å²) in [4.78, 5) is 28.9. The number of carbonyl (C=O) groups is 2. The molecule has 3 rings (SSSR count). The molecule has 7 heteroatoms. The molecule has 0 spiro atoms. The maximum atomic E-state index is 12.4. The highest BCUT2D eigenvalue weighted by Crippen LogP contribution is 2.34. The number of benzene rings is 1. The minimum Gasteiger partial charge on any atom is -0.469 e. The third-order valence-electron chi connectivity index (χ3n) is 5.07. The largest absolute Gasteiger partial charge is 0.469 e. The number of hydrogen-bond donors (Lipinski definition) is 2. The van der Waals surface area contributed by atoms with Crippen LogP contribution in [0.3, 0.4) is 0 Å². The highest BCUT2D eigenvalue weighted by atomic mass is 16.5. The third-order valence-corrected chi connectivity index (χ3v) is 5.07. The van der Waals surface area contributed by atoms with E-state index in [1.807, 2.05) is 47.9 Å².